The Morgan fingerprint density at radius 3 is 2.88 bits per heavy atom. The Morgan fingerprint density at radius 1 is 1.53 bits per heavy atom. The van der Waals surface area contributed by atoms with Gasteiger partial charge in [0.15, 0.2) is 10.2 Å². The van der Waals surface area contributed by atoms with Gasteiger partial charge < -0.3 is 5.73 Å². The Kier molecular flexibility index (Phi) is 2.91. The number of aromatic nitrogens is 4. The lowest BCUT2D eigenvalue weighted by Crippen LogP contribution is -1.99. The topological polar surface area (TPSA) is 113 Å². The molecule has 2 N–H and O–H groups in total. The summed E-state index contributed by atoms with van der Waals surface area (Å²) in [5.41, 5.74) is 5.40. The van der Waals surface area contributed by atoms with Crippen LogP contribution in [0.5, 0.6) is 0 Å². The Balaban J connectivity index is 2.41. The summed E-state index contributed by atoms with van der Waals surface area (Å²) in [5, 5.41) is 15.4. The number of pyridine rings is 1. The quantitative estimate of drug-likeness (QED) is 0.636. The molecule has 17 heavy (non-hydrogen) atoms. The predicted molar refractivity (Wildman–Crippen MR) is 60.4 cm³/mol. The van der Waals surface area contributed by atoms with Crippen LogP contribution >= 0.6 is 11.8 Å². The van der Waals surface area contributed by atoms with E-state index in [9.17, 15) is 10.1 Å². The van der Waals surface area contributed by atoms with Crippen molar-refractivity contribution in [2.24, 2.45) is 7.05 Å². The van der Waals surface area contributed by atoms with Crippen LogP contribution in [0.2, 0.25) is 0 Å². The van der Waals surface area contributed by atoms with Gasteiger partial charge in [-0.3, -0.25) is 10.1 Å². The summed E-state index contributed by atoms with van der Waals surface area (Å²) in [4.78, 5) is 18.2. The molecular weight excluding hydrogens is 244 g/mol. The van der Waals surface area contributed by atoms with Crippen molar-refractivity contribution < 1.29 is 4.92 Å². The first kappa shape index (κ1) is 11.3. The molecule has 0 atom stereocenters. The number of nitrogen functional groups attached to an aromatic ring is 1. The Hall–Kier alpha value is -2.16. The van der Waals surface area contributed by atoms with Gasteiger partial charge in [0.05, 0.1) is 4.92 Å². The van der Waals surface area contributed by atoms with Gasteiger partial charge >= 0.3 is 5.69 Å². The highest BCUT2D eigenvalue weighted by Crippen LogP contribution is 2.32. The largest absolute Gasteiger partial charge is 0.384 e. The number of anilines is 1. The second-order valence-electron chi connectivity index (χ2n) is 3.09. The Bertz CT molecular complexity index is 569. The summed E-state index contributed by atoms with van der Waals surface area (Å²) in [6.45, 7) is 0. The Morgan fingerprint density at radius 2 is 2.29 bits per heavy atom. The van der Waals surface area contributed by atoms with Crippen molar-refractivity contribution in [3.05, 3.63) is 28.6 Å². The number of nitrogens with two attached hydrogens (primary N) is 1. The van der Waals surface area contributed by atoms with Gasteiger partial charge in [-0.25, -0.2) is 14.6 Å². The molecule has 0 aliphatic heterocycles. The first-order valence-corrected chi connectivity index (χ1v) is 5.32. The van der Waals surface area contributed by atoms with E-state index in [1.807, 2.05) is 0 Å². The molecule has 0 amide bonds. The van der Waals surface area contributed by atoms with Crippen LogP contribution in [0.3, 0.4) is 0 Å². The normalized spacial score (nSPS) is 10.4. The van der Waals surface area contributed by atoms with E-state index >= 15 is 0 Å². The maximum absolute atomic E-state index is 10.8. The third kappa shape index (κ3) is 2.33. The van der Waals surface area contributed by atoms with Crippen molar-refractivity contribution in [2.45, 2.75) is 10.2 Å². The summed E-state index contributed by atoms with van der Waals surface area (Å²) in [7, 11) is 1.69. The van der Waals surface area contributed by atoms with Gasteiger partial charge in [-0.15, -0.1) is 0 Å². The summed E-state index contributed by atoms with van der Waals surface area (Å²) in [5.74, 6) is 0.222. The highest BCUT2D eigenvalue weighted by Gasteiger charge is 2.18. The molecule has 0 bridgehead atoms. The molecule has 0 fully saturated rings. The number of hydrogen-bond acceptors (Lipinski definition) is 7. The lowest BCUT2D eigenvalue weighted by molar-refractivity contribution is -0.388. The third-order valence-electron chi connectivity index (χ3n) is 1.92. The number of rotatable bonds is 3. The highest BCUT2D eigenvalue weighted by atomic mass is 32.2. The van der Waals surface area contributed by atoms with Crippen molar-refractivity contribution in [1.82, 2.24) is 19.7 Å². The smallest absolute Gasteiger partial charge is 0.301 e. The molecule has 0 aromatic carbocycles. The summed E-state index contributed by atoms with van der Waals surface area (Å²) < 4.78 is 1.50. The van der Waals surface area contributed by atoms with Crippen molar-refractivity contribution in [2.75, 3.05) is 5.73 Å². The number of nitrogens with zero attached hydrogens (tertiary/aromatic N) is 5. The molecule has 2 aromatic heterocycles. The van der Waals surface area contributed by atoms with Gasteiger partial charge in [0.2, 0.25) is 0 Å². The lowest BCUT2D eigenvalue weighted by atomic mass is 10.4. The average molecular weight is 252 g/mol. The van der Waals surface area contributed by atoms with Crippen molar-refractivity contribution >= 4 is 23.3 Å². The minimum atomic E-state index is -0.509. The summed E-state index contributed by atoms with van der Waals surface area (Å²) in [6, 6.07) is 2.71. The molecule has 0 saturated carbocycles. The van der Waals surface area contributed by atoms with Gasteiger partial charge in [-0.05, 0) is 17.8 Å². The molecular formula is C8H8N6O2S. The maximum atomic E-state index is 10.8. The molecule has 0 aliphatic carbocycles. The SMILES string of the molecule is Cn1ncnc1Sc1nc(N)ccc1[N+](=O)[O-]. The van der Waals surface area contributed by atoms with E-state index in [2.05, 4.69) is 15.1 Å². The van der Waals surface area contributed by atoms with Crippen molar-refractivity contribution in [1.29, 1.82) is 0 Å². The molecule has 0 radical (unpaired) electrons. The average Bonchev–Trinajstić information content (AvgIpc) is 2.64. The zero-order chi connectivity index (χ0) is 12.4. The van der Waals surface area contributed by atoms with Crippen molar-refractivity contribution in [3.63, 3.8) is 0 Å². The van der Waals surface area contributed by atoms with Gasteiger partial charge in [-0.1, -0.05) is 0 Å². The minimum absolute atomic E-state index is 0.104. The van der Waals surface area contributed by atoms with E-state index in [1.165, 1.54) is 23.1 Å². The molecule has 2 aromatic rings. The molecule has 88 valence electrons. The molecule has 0 saturated heterocycles. The number of nitro groups is 1. The molecule has 0 aliphatic rings. The second-order valence-corrected chi connectivity index (χ2v) is 4.04. The molecule has 2 heterocycles. The number of hydrogen-bond donors (Lipinski definition) is 1. The van der Waals surface area contributed by atoms with E-state index in [-0.39, 0.29) is 16.5 Å². The maximum Gasteiger partial charge on any atom is 0.301 e. The Labute approximate surface area is 100 Å². The first-order chi connectivity index (χ1) is 8.08. The molecule has 9 heteroatoms. The van der Waals surface area contributed by atoms with Gasteiger partial charge in [-0.2, -0.15) is 5.10 Å². The zero-order valence-corrected chi connectivity index (χ0v) is 9.59. The van der Waals surface area contributed by atoms with Crippen molar-refractivity contribution in [3.8, 4) is 0 Å². The highest BCUT2D eigenvalue weighted by molar-refractivity contribution is 7.99. The first-order valence-electron chi connectivity index (χ1n) is 4.50. The van der Waals surface area contributed by atoms with E-state index in [0.29, 0.717) is 5.16 Å². The van der Waals surface area contributed by atoms with E-state index in [4.69, 9.17) is 5.73 Å². The fourth-order valence-electron chi connectivity index (χ4n) is 1.13. The van der Waals surface area contributed by atoms with Crippen LogP contribution in [0.1, 0.15) is 0 Å². The van der Waals surface area contributed by atoms with Crippen LogP contribution in [0.25, 0.3) is 0 Å². The van der Waals surface area contributed by atoms with Crippen LogP contribution in [-0.4, -0.2) is 24.7 Å². The monoisotopic (exact) mass is 252 g/mol. The van der Waals surface area contributed by atoms with Crippen LogP contribution < -0.4 is 5.73 Å². The molecule has 2 rings (SSSR count). The molecule has 0 spiro atoms. The van der Waals surface area contributed by atoms with Crippen LogP contribution in [0.4, 0.5) is 11.5 Å². The van der Waals surface area contributed by atoms with Crippen LogP contribution in [-0.2, 0) is 7.05 Å². The third-order valence-corrected chi connectivity index (χ3v) is 2.96. The van der Waals surface area contributed by atoms with Gasteiger partial charge in [0.1, 0.15) is 12.1 Å². The van der Waals surface area contributed by atoms with Gasteiger partial charge in [0, 0.05) is 13.1 Å². The number of aryl methyl sites for hydroxylation is 1. The zero-order valence-electron chi connectivity index (χ0n) is 8.77. The standard InChI is InChI=1S/C8H8N6O2S/c1-13-8(10-4-11-13)17-7-5(14(15)16)2-3-6(9)12-7/h2-4H,1H3,(H2,9,12). The second kappa shape index (κ2) is 4.37. The predicted octanol–water partition coefficient (Wildman–Crippen LogP) is 0.852. The van der Waals surface area contributed by atoms with Gasteiger partial charge in [0.25, 0.3) is 0 Å². The minimum Gasteiger partial charge on any atom is -0.384 e. The van der Waals surface area contributed by atoms with E-state index in [1.54, 1.807) is 7.05 Å². The van der Waals surface area contributed by atoms with Crippen LogP contribution in [0.15, 0.2) is 28.6 Å². The molecule has 8 nitrogen and oxygen atoms in total. The molecule has 0 unspecified atom stereocenters. The summed E-state index contributed by atoms with van der Waals surface area (Å²) in [6.07, 6.45) is 1.36. The summed E-state index contributed by atoms with van der Waals surface area (Å²) >= 11 is 1.05. The lowest BCUT2D eigenvalue weighted by Gasteiger charge is -2.02. The van der Waals surface area contributed by atoms with Crippen LogP contribution in [0, 0.1) is 10.1 Å². The fraction of sp³-hybridized carbons (Fsp3) is 0.125. The fourth-order valence-corrected chi connectivity index (χ4v) is 1.98. The van der Waals surface area contributed by atoms with E-state index in [0.717, 1.165) is 11.8 Å². The van der Waals surface area contributed by atoms with E-state index < -0.39 is 4.92 Å².